The highest BCUT2D eigenvalue weighted by Gasteiger charge is 2.26. The second-order valence-corrected chi connectivity index (χ2v) is 7.39. The topological polar surface area (TPSA) is 32.3 Å². The van der Waals surface area contributed by atoms with Gasteiger partial charge < -0.3 is 10.2 Å². The van der Waals surface area contributed by atoms with E-state index in [2.05, 4.69) is 5.32 Å². The molecule has 1 saturated heterocycles. The maximum atomic E-state index is 12.5. The van der Waals surface area contributed by atoms with Crippen LogP contribution < -0.4 is 5.32 Å². The lowest BCUT2D eigenvalue weighted by Crippen LogP contribution is -2.43. The number of rotatable bonds is 5. The molecule has 1 atom stereocenters. The van der Waals surface area contributed by atoms with E-state index in [1.165, 1.54) is 0 Å². The van der Waals surface area contributed by atoms with Gasteiger partial charge in [0.25, 0.3) is 0 Å². The molecule has 124 valence electrons. The number of piperidine rings is 1. The summed E-state index contributed by atoms with van der Waals surface area (Å²) >= 11 is 7.49. The van der Waals surface area contributed by atoms with Crippen LogP contribution in [0, 0.1) is 5.92 Å². The number of halogens is 2. The third-order valence-electron chi connectivity index (χ3n) is 3.89. The molecule has 1 aromatic rings. The zero-order chi connectivity index (χ0) is 15.2. The third-order valence-corrected chi connectivity index (χ3v) is 5.24. The summed E-state index contributed by atoms with van der Waals surface area (Å²) in [6, 6.07) is 7.67. The number of hydrogen-bond donors (Lipinski definition) is 1. The Kier molecular flexibility index (Phi) is 8.62. The van der Waals surface area contributed by atoms with Crippen molar-refractivity contribution in [1.82, 2.24) is 10.2 Å². The van der Waals surface area contributed by atoms with Crippen LogP contribution in [-0.2, 0) is 4.79 Å². The first-order valence-corrected chi connectivity index (χ1v) is 8.71. The van der Waals surface area contributed by atoms with Gasteiger partial charge in [-0.3, -0.25) is 4.79 Å². The van der Waals surface area contributed by atoms with Gasteiger partial charge in [-0.05, 0) is 63.5 Å². The molecule has 22 heavy (non-hydrogen) atoms. The number of carbonyl (C=O) groups excluding carboxylic acids is 1. The molecule has 1 aliphatic rings. The Morgan fingerprint density at radius 3 is 2.50 bits per heavy atom. The molecular formula is C16H24Cl2N2OS. The van der Waals surface area contributed by atoms with Gasteiger partial charge >= 0.3 is 0 Å². The van der Waals surface area contributed by atoms with Crippen molar-refractivity contribution in [3.05, 3.63) is 29.3 Å². The Bertz CT molecular complexity index is 462. The Morgan fingerprint density at radius 2 is 1.95 bits per heavy atom. The standard InChI is InChI=1S/C16H23ClN2OS.ClH/c1-12(21-15-5-3-14(17)4-6-15)16(20)19-9-7-13(8-10-19)11-18-2;/h3-6,12-13,18H,7-11H2,1-2H3;1H. The fraction of sp³-hybridized carbons (Fsp3) is 0.562. The predicted molar refractivity (Wildman–Crippen MR) is 97.2 cm³/mol. The lowest BCUT2D eigenvalue weighted by Gasteiger charge is -2.33. The van der Waals surface area contributed by atoms with E-state index in [0.717, 1.165) is 42.4 Å². The van der Waals surface area contributed by atoms with Gasteiger partial charge in [0, 0.05) is 23.0 Å². The Labute approximate surface area is 148 Å². The number of nitrogens with zero attached hydrogens (tertiary/aromatic N) is 1. The fourth-order valence-corrected chi connectivity index (χ4v) is 3.75. The molecule has 3 nitrogen and oxygen atoms in total. The summed E-state index contributed by atoms with van der Waals surface area (Å²) in [6.07, 6.45) is 2.20. The van der Waals surface area contributed by atoms with Gasteiger partial charge in [0.15, 0.2) is 0 Å². The molecule has 0 aromatic heterocycles. The minimum atomic E-state index is -0.0491. The van der Waals surface area contributed by atoms with E-state index >= 15 is 0 Å². The van der Waals surface area contributed by atoms with E-state index in [4.69, 9.17) is 11.6 Å². The normalized spacial score (nSPS) is 17.0. The van der Waals surface area contributed by atoms with E-state index in [-0.39, 0.29) is 23.6 Å². The van der Waals surface area contributed by atoms with E-state index in [1.54, 1.807) is 11.8 Å². The molecule has 2 rings (SSSR count). The smallest absolute Gasteiger partial charge is 0.235 e. The molecule has 1 aliphatic heterocycles. The molecular weight excluding hydrogens is 339 g/mol. The predicted octanol–water partition coefficient (Wildman–Crippen LogP) is 3.70. The van der Waals surface area contributed by atoms with Crippen LogP contribution in [-0.4, -0.2) is 42.7 Å². The van der Waals surface area contributed by atoms with Crippen LogP contribution >= 0.6 is 35.8 Å². The second kappa shape index (κ2) is 9.66. The summed E-state index contributed by atoms with van der Waals surface area (Å²) in [6.45, 7) is 4.81. The minimum Gasteiger partial charge on any atom is -0.342 e. The quantitative estimate of drug-likeness (QED) is 0.810. The molecule has 0 spiro atoms. The SMILES string of the molecule is CNCC1CCN(C(=O)C(C)Sc2ccc(Cl)cc2)CC1.Cl. The lowest BCUT2D eigenvalue weighted by atomic mass is 9.97. The number of carbonyl (C=O) groups is 1. The van der Waals surface area contributed by atoms with Crippen molar-refractivity contribution in [2.75, 3.05) is 26.7 Å². The summed E-state index contributed by atoms with van der Waals surface area (Å²) < 4.78 is 0. The minimum absolute atomic E-state index is 0. The van der Waals surface area contributed by atoms with Crippen LogP contribution in [0.1, 0.15) is 19.8 Å². The zero-order valence-corrected chi connectivity index (χ0v) is 15.4. The van der Waals surface area contributed by atoms with Crippen molar-refractivity contribution in [2.24, 2.45) is 5.92 Å². The highest BCUT2D eigenvalue weighted by Crippen LogP contribution is 2.27. The van der Waals surface area contributed by atoms with Crippen LogP contribution in [0.4, 0.5) is 0 Å². The van der Waals surface area contributed by atoms with Gasteiger partial charge in [-0.15, -0.1) is 24.2 Å². The number of thioether (sulfide) groups is 1. The molecule has 1 N–H and O–H groups in total. The summed E-state index contributed by atoms with van der Waals surface area (Å²) in [4.78, 5) is 15.6. The number of hydrogen-bond acceptors (Lipinski definition) is 3. The van der Waals surface area contributed by atoms with Crippen LogP contribution in [0.2, 0.25) is 5.02 Å². The van der Waals surface area contributed by atoms with Crippen molar-refractivity contribution in [3.8, 4) is 0 Å². The zero-order valence-electron chi connectivity index (χ0n) is 13.0. The lowest BCUT2D eigenvalue weighted by molar-refractivity contribution is -0.131. The molecule has 1 heterocycles. The largest absolute Gasteiger partial charge is 0.342 e. The van der Waals surface area contributed by atoms with E-state index in [0.29, 0.717) is 5.92 Å². The summed E-state index contributed by atoms with van der Waals surface area (Å²) in [5.74, 6) is 0.955. The highest BCUT2D eigenvalue weighted by molar-refractivity contribution is 8.00. The number of benzene rings is 1. The monoisotopic (exact) mass is 362 g/mol. The van der Waals surface area contributed by atoms with Gasteiger partial charge in [-0.2, -0.15) is 0 Å². The fourth-order valence-electron chi connectivity index (χ4n) is 2.67. The van der Waals surface area contributed by atoms with Crippen LogP contribution in [0.3, 0.4) is 0 Å². The second-order valence-electron chi connectivity index (χ2n) is 5.54. The first-order chi connectivity index (χ1) is 10.1. The molecule has 1 aromatic carbocycles. The van der Waals surface area contributed by atoms with Crippen molar-refractivity contribution in [1.29, 1.82) is 0 Å². The highest BCUT2D eigenvalue weighted by atomic mass is 35.5. The molecule has 0 radical (unpaired) electrons. The van der Waals surface area contributed by atoms with E-state index < -0.39 is 0 Å². The van der Waals surface area contributed by atoms with Gasteiger partial charge in [-0.25, -0.2) is 0 Å². The maximum Gasteiger partial charge on any atom is 0.235 e. The Hall–Kier alpha value is -0.420. The first-order valence-electron chi connectivity index (χ1n) is 7.45. The molecule has 1 amide bonds. The van der Waals surface area contributed by atoms with Crippen LogP contribution in [0.5, 0.6) is 0 Å². The molecule has 6 heteroatoms. The van der Waals surface area contributed by atoms with Crippen molar-refractivity contribution in [2.45, 2.75) is 29.9 Å². The summed E-state index contributed by atoms with van der Waals surface area (Å²) in [5, 5.41) is 3.90. The Morgan fingerprint density at radius 1 is 1.36 bits per heavy atom. The molecule has 0 bridgehead atoms. The van der Waals surface area contributed by atoms with Crippen LogP contribution in [0.25, 0.3) is 0 Å². The van der Waals surface area contributed by atoms with E-state index in [1.807, 2.05) is 43.1 Å². The number of nitrogens with one attached hydrogen (secondary N) is 1. The van der Waals surface area contributed by atoms with Gasteiger partial charge in [0.05, 0.1) is 5.25 Å². The summed E-state index contributed by atoms with van der Waals surface area (Å²) in [7, 11) is 1.99. The third kappa shape index (κ3) is 5.65. The van der Waals surface area contributed by atoms with Gasteiger partial charge in [-0.1, -0.05) is 11.6 Å². The average Bonchev–Trinajstić information content (AvgIpc) is 2.50. The van der Waals surface area contributed by atoms with Gasteiger partial charge in [0.2, 0.25) is 5.91 Å². The molecule has 1 unspecified atom stereocenters. The summed E-state index contributed by atoms with van der Waals surface area (Å²) in [5.41, 5.74) is 0. The number of likely N-dealkylation sites (tertiary alicyclic amines) is 1. The van der Waals surface area contributed by atoms with Crippen molar-refractivity contribution < 1.29 is 4.79 Å². The van der Waals surface area contributed by atoms with Crippen molar-refractivity contribution >= 4 is 41.7 Å². The van der Waals surface area contributed by atoms with Crippen molar-refractivity contribution in [3.63, 3.8) is 0 Å². The maximum absolute atomic E-state index is 12.5. The van der Waals surface area contributed by atoms with Gasteiger partial charge in [0.1, 0.15) is 0 Å². The number of amides is 1. The molecule has 0 saturated carbocycles. The first kappa shape index (κ1) is 19.6. The average molecular weight is 363 g/mol. The Balaban J connectivity index is 0.00000242. The molecule has 0 aliphatic carbocycles. The molecule has 1 fully saturated rings. The van der Waals surface area contributed by atoms with E-state index in [9.17, 15) is 4.79 Å². The van der Waals surface area contributed by atoms with Crippen LogP contribution in [0.15, 0.2) is 29.2 Å².